The Bertz CT molecular complexity index is 389. The molecule has 0 aromatic carbocycles. The number of furan rings is 1. The summed E-state index contributed by atoms with van der Waals surface area (Å²) in [5.74, 6) is 0.368. The predicted molar refractivity (Wildman–Crippen MR) is 66.9 cm³/mol. The van der Waals surface area contributed by atoms with E-state index in [4.69, 9.17) is 4.42 Å². The van der Waals surface area contributed by atoms with Crippen molar-refractivity contribution in [2.24, 2.45) is 0 Å². The van der Waals surface area contributed by atoms with Crippen LogP contribution in [0.2, 0.25) is 0 Å². The zero-order valence-electron chi connectivity index (χ0n) is 10.8. The summed E-state index contributed by atoms with van der Waals surface area (Å²) in [7, 11) is 0. The number of rotatable bonds is 5. The van der Waals surface area contributed by atoms with Gasteiger partial charge in [0.2, 0.25) is 5.91 Å². The first-order valence-electron chi connectivity index (χ1n) is 5.92. The summed E-state index contributed by atoms with van der Waals surface area (Å²) in [5, 5.41) is 7.79. The van der Waals surface area contributed by atoms with E-state index in [1.165, 1.54) is 0 Å². The van der Waals surface area contributed by atoms with Gasteiger partial charge in [0.1, 0.15) is 5.76 Å². The van der Waals surface area contributed by atoms with Crippen LogP contribution in [0.4, 0.5) is 4.79 Å². The second-order valence-corrected chi connectivity index (χ2v) is 3.97. The van der Waals surface area contributed by atoms with E-state index in [0.29, 0.717) is 6.54 Å². The van der Waals surface area contributed by atoms with E-state index in [0.717, 1.165) is 5.76 Å². The highest BCUT2D eigenvalue weighted by atomic mass is 16.3. The second kappa shape index (κ2) is 6.80. The lowest BCUT2D eigenvalue weighted by Crippen LogP contribution is -2.48. The molecule has 18 heavy (non-hydrogen) atoms. The molecule has 0 saturated heterocycles. The van der Waals surface area contributed by atoms with Crippen LogP contribution in [0.25, 0.3) is 0 Å². The molecule has 1 heterocycles. The molecule has 0 saturated carbocycles. The van der Waals surface area contributed by atoms with Crippen LogP contribution in [0.3, 0.4) is 0 Å². The topological polar surface area (TPSA) is 83.4 Å². The fourth-order valence-electron chi connectivity index (χ4n) is 1.50. The van der Waals surface area contributed by atoms with Gasteiger partial charge in [-0.1, -0.05) is 0 Å². The lowest BCUT2D eigenvalue weighted by atomic mass is 10.2. The Balaban J connectivity index is 2.42. The molecule has 1 aromatic heterocycles. The molecule has 0 radical (unpaired) electrons. The molecule has 6 heteroatoms. The van der Waals surface area contributed by atoms with Crippen LogP contribution in [0.5, 0.6) is 0 Å². The van der Waals surface area contributed by atoms with E-state index < -0.39 is 12.1 Å². The molecule has 3 amide bonds. The highest BCUT2D eigenvalue weighted by Crippen LogP contribution is 2.12. The molecule has 1 unspecified atom stereocenters. The van der Waals surface area contributed by atoms with Crippen LogP contribution in [0.15, 0.2) is 22.8 Å². The van der Waals surface area contributed by atoms with Gasteiger partial charge >= 0.3 is 6.03 Å². The lowest BCUT2D eigenvalue weighted by Gasteiger charge is -2.17. The second-order valence-electron chi connectivity index (χ2n) is 3.97. The highest BCUT2D eigenvalue weighted by Gasteiger charge is 2.18. The molecule has 2 atom stereocenters. The first kappa shape index (κ1) is 14.2. The standard InChI is InChI=1S/C12H19N3O3/c1-4-13-12(17)15-11(16)9(3)14-8(2)10-6-5-7-18-10/h5-9,14H,4H2,1-3H3,(H2,13,15,16,17)/t8-,9?/m0/s1. The normalized spacial score (nSPS) is 13.7. The molecule has 0 spiro atoms. The fourth-order valence-corrected chi connectivity index (χ4v) is 1.50. The zero-order chi connectivity index (χ0) is 13.5. The number of nitrogens with one attached hydrogen (secondary N) is 3. The number of urea groups is 1. The Kier molecular flexibility index (Phi) is 5.38. The molecule has 6 nitrogen and oxygen atoms in total. The minimum absolute atomic E-state index is 0.102. The van der Waals surface area contributed by atoms with Gasteiger partial charge in [-0.05, 0) is 32.9 Å². The molecule has 0 aliphatic heterocycles. The van der Waals surface area contributed by atoms with Crippen LogP contribution in [0.1, 0.15) is 32.6 Å². The van der Waals surface area contributed by atoms with Gasteiger partial charge in [-0.15, -0.1) is 0 Å². The van der Waals surface area contributed by atoms with Crippen molar-refractivity contribution in [2.75, 3.05) is 6.54 Å². The molecular weight excluding hydrogens is 234 g/mol. The maximum absolute atomic E-state index is 11.7. The first-order chi connectivity index (χ1) is 8.54. The van der Waals surface area contributed by atoms with Gasteiger partial charge < -0.3 is 9.73 Å². The number of imide groups is 1. The van der Waals surface area contributed by atoms with Crippen LogP contribution < -0.4 is 16.0 Å². The van der Waals surface area contributed by atoms with Crippen molar-refractivity contribution in [3.05, 3.63) is 24.2 Å². The molecular formula is C12H19N3O3. The van der Waals surface area contributed by atoms with E-state index >= 15 is 0 Å². The fraction of sp³-hybridized carbons (Fsp3) is 0.500. The first-order valence-corrected chi connectivity index (χ1v) is 5.92. The molecule has 0 bridgehead atoms. The Morgan fingerprint density at radius 3 is 2.67 bits per heavy atom. The van der Waals surface area contributed by atoms with Crippen molar-refractivity contribution in [3.63, 3.8) is 0 Å². The highest BCUT2D eigenvalue weighted by molar-refractivity contribution is 5.96. The SMILES string of the molecule is CCNC(=O)NC(=O)C(C)N[C@@H](C)c1ccco1. The lowest BCUT2D eigenvalue weighted by molar-refractivity contribution is -0.121. The summed E-state index contributed by atoms with van der Waals surface area (Å²) in [6.07, 6.45) is 1.58. The third kappa shape index (κ3) is 4.21. The quantitative estimate of drug-likeness (QED) is 0.735. The van der Waals surface area contributed by atoms with Crippen LogP contribution in [-0.4, -0.2) is 24.5 Å². The summed E-state index contributed by atoms with van der Waals surface area (Å²) < 4.78 is 5.22. The maximum atomic E-state index is 11.7. The Labute approximate surface area is 106 Å². The largest absolute Gasteiger partial charge is 0.468 e. The molecule has 1 rings (SSSR count). The number of carbonyl (C=O) groups is 2. The summed E-state index contributed by atoms with van der Waals surface area (Å²) in [5.41, 5.74) is 0. The molecule has 0 aliphatic carbocycles. The van der Waals surface area contributed by atoms with E-state index in [2.05, 4.69) is 16.0 Å². The minimum atomic E-state index is -0.493. The predicted octanol–water partition coefficient (Wildman–Crippen LogP) is 1.16. The summed E-state index contributed by atoms with van der Waals surface area (Å²) in [4.78, 5) is 22.9. The number of hydrogen-bond acceptors (Lipinski definition) is 4. The Hall–Kier alpha value is -1.82. The van der Waals surface area contributed by atoms with E-state index in [-0.39, 0.29) is 11.9 Å². The summed E-state index contributed by atoms with van der Waals surface area (Å²) >= 11 is 0. The summed E-state index contributed by atoms with van der Waals surface area (Å²) in [6, 6.07) is 2.53. The van der Waals surface area contributed by atoms with Gasteiger partial charge in [-0.2, -0.15) is 0 Å². The molecule has 1 aromatic rings. The van der Waals surface area contributed by atoms with Crippen LogP contribution in [0, 0.1) is 0 Å². The smallest absolute Gasteiger partial charge is 0.321 e. The third-order valence-electron chi connectivity index (χ3n) is 2.44. The average molecular weight is 253 g/mol. The monoisotopic (exact) mass is 253 g/mol. The van der Waals surface area contributed by atoms with Gasteiger partial charge in [0.25, 0.3) is 0 Å². The Morgan fingerprint density at radius 2 is 2.11 bits per heavy atom. The number of carbonyl (C=O) groups excluding carboxylic acids is 2. The van der Waals surface area contributed by atoms with Crippen molar-refractivity contribution in [1.82, 2.24) is 16.0 Å². The average Bonchev–Trinajstić information content (AvgIpc) is 2.82. The molecule has 3 N–H and O–H groups in total. The van der Waals surface area contributed by atoms with Gasteiger partial charge in [0, 0.05) is 6.54 Å². The van der Waals surface area contributed by atoms with Crippen LogP contribution in [-0.2, 0) is 4.79 Å². The third-order valence-corrected chi connectivity index (χ3v) is 2.44. The molecule has 0 fully saturated rings. The van der Waals surface area contributed by atoms with E-state index in [1.54, 1.807) is 26.2 Å². The van der Waals surface area contributed by atoms with Crippen LogP contribution >= 0.6 is 0 Å². The maximum Gasteiger partial charge on any atom is 0.321 e. The molecule has 100 valence electrons. The van der Waals surface area contributed by atoms with Crippen molar-refractivity contribution in [2.45, 2.75) is 32.9 Å². The van der Waals surface area contributed by atoms with Crippen molar-refractivity contribution < 1.29 is 14.0 Å². The minimum Gasteiger partial charge on any atom is -0.468 e. The summed E-state index contributed by atoms with van der Waals surface area (Å²) in [6.45, 7) is 5.83. The van der Waals surface area contributed by atoms with Crippen molar-refractivity contribution >= 4 is 11.9 Å². The van der Waals surface area contributed by atoms with Gasteiger partial charge in [0.15, 0.2) is 0 Å². The van der Waals surface area contributed by atoms with Gasteiger partial charge in [-0.3, -0.25) is 15.4 Å². The Morgan fingerprint density at radius 1 is 1.39 bits per heavy atom. The zero-order valence-corrected chi connectivity index (χ0v) is 10.8. The van der Waals surface area contributed by atoms with E-state index in [9.17, 15) is 9.59 Å². The number of amides is 3. The van der Waals surface area contributed by atoms with Crippen molar-refractivity contribution in [1.29, 1.82) is 0 Å². The number of hydrogen-bond donors (Lipinski definition) is 3. The van der Waals surface area contributed by atoms with E-state index in [1.807, 2.05) is 13.0 Å². The van der Waals surface area contributed by atoms with Gasteiger partial charge in [-0.25, -0.2) is 4.79 Å². The molecule has 0 aliphatic rings. The van der Waals surface area contributed by atoms with Gasteiger partial charge in [0.05, 0.1) is 18.3 Å². The van der Waals surface area contributed by atoms with Crippen molar-refractivity contribution in [3.8, 4) is 0 Å².